The second-order valence-electron chi connectivity index (χ2n) is 6.18. The summed E-state index contributed by atoms with van der Waals surface area (Å²) in [6, 6.07) is 5.08. The summed E-state index contributed by atoms with van der Waals surface area (Å²) in [5.41, 5.74) is 2.37. The van der Waals surface area contributed by atoms with Crippen LogP contribution in [0.25, 0.3) is 0 Å². The van der Waals surface area contributed by atoms with Gasteiger partial charge in [-0.25, -0.2) is 9.87 Å². The topological polar surface area (TPSA) is 105 Å². The summed E-state index contributed by atoms with van der Waals surface area (Å²) in [6.07, 6.45) is 0. The van der Waals surface area contributed by atoms with Crippen molar-refractivity contribution in [3.05, 3.63) is 30.1 Å². The Morgan fingerprint density at radius 3 is 2.42 bits per heavy atom. The number of anilines is 1. The number of rotatable bonds is 4. The largest absolute Gasteiger partial charge is 0.369 e. The molecule has 9 nitrogen and oxygen atoms in total. The maximum absolute atomic E-state index is 13.0. The molecule has 26 heavy (non-hydrogen) atoms. The van der Waals surface area contributed by atoms with Crippen LogP contribution >= 0.6 is 0 Å². The molecule has 1 aromatic carbocycles. The quantitative estimate of drug-likeness (QED) is 0.451. The fourth-order valence-electron chi connectivity index (χ4n) is 3.24. The van der Waals surface area contributed by atoms with E-state index in [0.29, 0.717) is 19.6 Å². The van der Waals surface area contributed by atoms with E-state index in [2.05, 4.69) is 5.32 Å². The molecule has 11 heteroatoms. The van der Waals surface area contributed by atoms with E-state index in [4.69, 9.17) is 5.21 Å². The molecule has 2 heterocycles. The van der Waals surface area contributed by atoms with Gasteiger partial charge in [-0.05, 0) is 24.3 Å². The lowest BCUT2D eigenvalue weighted by Crippen LogP contribution is -2.63. The molecule has 0 bridgehead atoms. The zero-order valence-electron chi connectivity index (χ0n) is 14.1. The highest BCUT2D eigenvalue weighted by Gasteiger charge is 2.40. The minimum absolute atomic E-state index is 0.140. The van der Waals surface area contributed by atoms with Crippen molar-refractivity contribution < 1.29 is 22.8 Å². The molecule has 2 fully saturated rings. The van der Waals surface area contributed by atoms with Crippen molar-refractivity contribution in [3.63, 3.8) is 0 Å². The maximum Gasteiger partial charge on any atom is 0.282 e. The minimum atomic E-state index is -3.83. The van der Waals surface area contributed by atoms with Gasteiger partial charge in [-0.2, -0.15) is 17.0 Å². The van der Waals surface area contributed by atoms with E-state index in [9.17, 15) is 17.6 Å². The minimum Gasteiger partial charge on any atom is -0.369 e. The lowest BCUT2D eigenvalue weighted by molar-refractivity contribution is -0.133. The van der Waals surface area contributed by atoms with Gasteiger partial charge in [-0.1, -0.05) is 0 Å². The molecule has 0 radical (unpaired) electrons. The molecular formula is C15H22FN5O4S. The number of hydroxylamine groups is 1. The third-order valence-electron chi connectivity index (χ3n) is 4.66. The molecule has 1 amide bonds. The van der Waals surface area contributed by atoms with Crippen LogP contribution in [0.4, 0.5) is 10.1 Å². The third-order valence-corrected chi connectivity index (χ3v) is 6.71. The molecule has 0 saturated carbocycles. The average Bonchev–Trinajstić information content (AvgIpc) is 2.68. The first-order valence-electron chi connectivity index (χ1n) is 8.35. The zero-order chi connectivity index (χ0) is 18.7. The highest BCUT2D eigenvalue weighted by Crippen LogP contribution is 2.21. The van der Waals surface area contributed by atoms with Crippen LogP contribution in [0.2, 0.25) is 0 Å². The van der Waals surface area contributed by atoms with Crippen LogP contribution in [0.5, 0.6) is 0 Å². The molecule has 3 rings (SSSR count). The van der Waals surface area contributed by atoms with Crippen LogP contribution < -0.4 is 15.7 Å². The molecule has 1 atom stereocenters. The Kier molecular flexibility index (Phi) is 5.73. The van der Waals surface area contributed by atoms with E-state index in [0.717, 1.165) is 9.99 Å². The Morgan fingerprint density at radius 1 is 1.15 bits per heavy atom. The molecule has 0 aromatic heterocycles. The lowest BCUT2D eigenvalue weighted by Gasteiger charge is -2.40. The van der Waals surface area contributed by atoms with Gasteiger partial charge < -0.3 is 10.2 Å². The molecule has 1 unspecified atom stereocenters. The van der Waals surface area contributed by atoms with E-state index >= 15 is 0 Å². The monoisotopic (exact) mass is 387 g/mol. The molecular weight excluding hydrogens is 365 g/mol. The Morgan fingerprint density at radius 2 is 1.81 bits per heavy atom. The smallest absolute Gasteiger partial charge is 0.282 e. The Labute approximate surface area is 151 Å². The van der Waals surface area contributed by atoms with Crippen molar-refractivity contribution >= 4 is 21.8 Å². The summed E-state index contributed by atoms with van der Waals surface area (Å²) < 4.78 is 41.4. The highest BCUT2D eigenvalue weighted by molar-refractivity contribution is 7.86. The Balaban J connectivity index is 1.69. The maximum atomic E-state index is 13.0. The second-order valence-corrected chi connectivity index (χ2v) is 8.06. The summed E-state index contributed by atoms with van der Waals surface area (Å²) in [6.45, 7) is 2.18. The van der Waals surface area contributed by atoms with Crippen LogP contribution in [0.3, 0.4) is 0 Å². The van der Waals surface area contributed by atoms with Gasteiger partial charge in [0.1, 0.15) is 11.9 Å². The first-order valence-corrected chi connectivity index (χ1v) is 9.75. The van der Waals surface area contributed by atoms with Gasteiger partial charge in [-0.15, -0.1) is 0 Å². The normalized spacial score (nSPS) is 23.0. The van der Waals surface area contributed by atoms with Crippen LogP contribution in [0.1, 0.15) is 0 Å². The fourth-order valence-corrected chi connectivity index (χ4v) is 4.97. The van der Waals surface area contributed by atoms with Gasteiger partial charge >= 0.3 is 0 Å². The molecule has 0 spiro atoms. The summed E-state index contributed by atoms with van der Waals surface area (Å²) >= 11 is 0. The van der Waals surface area contributed by atoms with Crippen LogP contribution in [-0.4, -0.2) is 80.0 Å². The molecule has 1 aromatic rings. The number of halogens is 1. The molecule has 2 aliphatic rings. The van der Waals surface area contributed by atoms with E-state index in [1.165, 1.54) is 21.9 Å². The summed E-state index contributed by atoms with van der Waals surface area (Å²) in [7, 11) is -3.83. The number of nitrogens with zero attached hydrogens (tertiary/aromatic N) is 3. The fraction of sp³-hybridized carbons (Fsp3) is 0.533. The highest BCUT2D eigenvalue weighted by atomic mass is 32.2. The molecule has 3 N–H and O–H groups in total. The standard InChI is InChI=1S/C15H22FN5O4S/c16-12-1-3-13(4-2-12)19-7-9-20(10-8-19)26(24,25)21-6-5-17-11-14(21)15(22)18-23/h1-4,14,17,23H,5-11H2,(H,18,22). The number of benzene rings is 1. The predicted molar refractivity (Wildman–Crippen MR) is 92.4 cm³/mol. The first-order chi connectivity index (χ1) is 12.4. The number of piperazine rings is 2. The number of amides is 1. The van der Waals surface area contributed by atoms with Crippen molar-refractivity contribution in [1.29, 1.82) is 0 Å². The van der Waals surface area contributed by atoms with Gasteiger partial charge in [0, 0.05) is 51.5 Å². The third kappa shape index (κ3) is 3.81. The lowest BCUT2D eigenvalue weighted by atomic mass is 10.2. The van der Waals surface area contributed by atoms with E-state index < -0.39 is 22.2 Å². The van der Waals surface area contributed by atoms with Crippen molar-refractivity contribution in [2.75, 3.05) is 50.7 Å². The number of hydrogen-bond donors (Lipinski definition) is 3. The van der Waals surface area contributed by atoms with Gasteiger partial charge in [0.2, 0.25) is 0 Å². The van der Waals surface area contributed by atoms with E-state index in [-0.39, 0.29) is 32.0 Å². The van der Waals surface area contributed by atoms with Crippen molar-refractivity contribution in [2.24, 2.45) is 0 Å². The number of nitrogens with one attached hydrogen (secondary N) is 2. The Hall–Kier alpha value is -1.79. The molecule has 144 valence electrons. The molecule has 0 aliphatic carbocycles. The van der Waals surface area contributed by atoms with Gasteiger partial charge in [0.15, 0.2) is 0 Å². The number of carbonyl (C=O) groups is 1. The molecule has 2 saturated heterocycles. The zero-order valence-corrected chi connectivity index (χ0v) is 15.0. The number of carbonyl (C=O) groups excluding carboxylic acids is 1. The Bertz CT molecular complexity index is 737. The summed E-state index contributed by atoms with van der Waals surface area (Å²) in [5, 5.41) is 11.8. The summed E-state index contributed by atoms with van der Waals surface area (Å²) in [5.74, 6) is -1.08. The van der Waals surface area contributed by atoms with Crippen molar-refractivity contribution in [3.8, 4) is 0 Å². The SMILES string of the molecule is O=C(NO)C1CNCCN1S(=O)(=O)N1CCN(c2ccc(F)cc2)CC1. The van der Waals surface area contributed by atoms with Gasteiger partial charge in [-0.3, -0.25) is 10.0 Å². The first kappa shape index (κ1) is 19.0. The average molecular weight is 387 g/mol. The van der Waals surface area contributed by atoms with Crippen LogP contribution in [0, 0.1) is 5.82 Å². The number of hydrogen-bond acceptors (Lipinski definition) is 6. The van der Waals surface area contributed by atoms with Crippen molar-refractivity contribution in [1.82, 2.24) is 19.4 Å². The van der Waals surface area contributed by atoms with Crippen molar-refractivity contribution in [2.45, 2.75) is 6.04 Å². The van der Waals surface area contributed by atoms with E-state index in [1.807, 2.05) is 4.90 Å². The molecule has 2 aliphatic heterocycles. The van der Waals surface area contributed by atoms with Crippen LogP contribution in [-0.2, 0) is 15.0 Å². The second kappa shape index (κ2) is 7.84. The van der Waals surface area contributed by atoms with Gasteiger partial charge in [0.05, 0.1) is 0 Å². The van der Waals surface area contributed by atoms with Gasteiger partial charge in [0.25, 0.3) is 16.1 Å². The van der Waals surface area contributed by atoms with Crippen LogP contribution in [0.15, 0.2) is 24.3 Å². The summed E-state index contributed by atoms with van der Waals surface area (Å²) in [4.78, 5) is 13.8. The van der Waals surface area contributed by atoms with E-state index in [1.54, 1.807) is 12.1 Å². The predicted octanol–water partition coefficient (Wildman–Crippen LogP) is -1.03.